The van der Waals surface area contributed by atoms with E-state index in [2.05, 4.69) is 19.1 Å². The number of aryl methyl sites for hydroxylation is 1. The average molecular weight is 257 g/mol. The van der Waals surface area contributed by atoms with Crippen LogP contribution in [-0.4, -0.2) is 10.7 Å². The van der Waals surface area contributed by atoms with Crippen molar-refractivity contribution in [1.82, 2.24) is 0 Å². The van der Waals surface area contributed by atoms with Gasteiger partial charge < -0.3 is 5.11 Å². The van der Waals surface area contributed by atoms with Crippen molar-refractivity contribution in [3.05, 3.63) is 35.4 Å². The lowest BCUT2D eigenvalue weighted by Gasteiger charge is -2.47. The zero-order valence-electron chi connectivity index (χ0n) is 12.1. The molecule has 3 unspecified atom stereocenters. The van der Waals surface area contributed by atoms with Crippen LogP contribution < -0.4 is 0 Å². The SMILES string of the molecule is CCC(C)C(C)(O)C1(C#N)CCCc2ccccc21. The van der Waals surface area contributed by atoms with E-state index in [1.54, 1.807) is 0 Å². The summed E-state index contributed by atoms with van der Waals surface area (Å²) in [4.78, 5) is 0. The lowest BCUT2D eigenvalue weighted by Crippen LogP contribution is -2.54. The lowest BCUT2D eigenvalue weighted by molar-refractivity contribution is -0.0537. The fraction of sp³-hybridized carbons (Fsp3) is 0.588. The van der Waals surface area contributed by atoms with Crippen LogP contribution in [0.1, 0.15) is 51.2 Å². The maximum Gasteiger partial charge on any atom is 0.111 e. The van der Waals surface area contributed by atoms with Crippen molar-refractivity contribution >= 4 is 0 Å². The van der Waals surface area contributed by atoms with Crippen LogP contribution in [0.15, 0.2) is 24.3 Å². The van der Waals surface area contributed by atoms with E-state index < -0.39 is 11.0 Å². The molecule has 19 heavy (non-hydrogen) atoms. The molecule has 0 bridgehead atoms. The molecule has 0 aromatic heterocycles. The second-order valence-electron chi connectivity index (χ2n) is 5.98. The first kappa shape index (κ1) is 14.1. The quantitative estimate of drug-likeness (QED) is 0.899. The Bertz CT molecular complexity index is 500. The first-order valence-corrected chi connectivity index (χ1v) is 7.21. The number of benzene rings is 1. The standard InChI is InChI=1S/C17H23NO/c1-4-13(2)16(3,19)17(12-18)11-7-9-14-8-5-6-10-15(14)17/h5-6,8,10,13,19H,4,7,9,11H2,1-3H3. The van der Waals surface area contributed by atoms with Crippen LogP contribution >= 0.6 is 0 Å². The lowest BCUT2D eigenvalue weighted by atomic mass is 9.58. The van der Waals surface area contributed by atoms with Crippen LogP contribution in [0.5, 0.6) is 0 Å². The maximum absolute atomic E-state index is 11.1. The van der Waals surface area contributed by atoms with Gasteiger partial charge in [-0.3, -0.25) is 0 Å². The van der Waals surface area contributed by atoms with E-state index in [9.17, 15) is 10.4 Å². The van der Waals surface area contributed by atoms with E-state index in [-0.39, 0.29) is 5.92 Å². The third-order valence-electron chi connectivity index (χ3n) is 5.10. The summed E-state index contributed by atoms with van der Waals surface area (Å²) in [5.41, 5.74) is 0.498. The average Bonchev–Trinajstić information content (AvgIpc) is 2.45. The molecule has 0 saturated heterocycles. The summed E-state index contributed by atoms with van der Waals surface area (Å²) < 4.78 is 0. The molecule has 2 rings (SSSR count). The minimum Gasteiger partial charge on any atom is -0.388 e. The predicted octanol–water partition coefficient (Wildman–Crippen LogP) is 3.58. The summed E-state index contributed by atoms with van der Waals surface area (Å²) in [7, 11) is 0. The number of hydrogen-bond acceptors (Lipinski definition) is 2. The number of rotatable bonds is 3. The second kappa shape index (κ2) is 4.98. The van der Waals surface area contributed by atoms with E-state index in [0.29, 0.717) is 0 Å². The van der Waals surface area contributed by atoms with Crippen molar-refractivity contribution in [2.24, 2.45) is 5.92 Å². The fourth-order valence-electron chi connectivity index (χ4n) is 3.41. The van der Waals surface area contributed by atoms with E-state index in [4.69, 9.17) is 0 Å². The Morgan fingerprint density at radius 2 is 2.16 bits per heavy atom. The van der Waals surface area contributed by atoms with Gasteiger partial charge in [-0.05, 0) is 43.2 Å². The Balaban J connectivity index is 2.60. The highest BCUT2D eigenvalue weighted by Gasteiger charge is 2.53. The van der Waals surface area contributed by atoms with Crippen LogP contribution in [0, 0.1) is 17.2 Å². The minimum absolute atomic E-state index is 0.0957. The van der Waals surface area contributed by atoms with Crippen molar-refractivity contribution in [2.75, 3.05) is 0 Å². The first-order chi connectivity index (χ1) is 8.99. The molecule has 0 heterocycles. The summed E-state index contributed by atoms with van der Waals surface area (Å²) in [6, 6.07) is 10.6. The Morgan fingerprint density at radius 1 is 1.47 bits per heavy atom. The van der Waals surface area contributed by atoms with Gasteiger partial charge in [-0.2, -0.15) is 5.26 Å². The molecular weight excluding hydrogens is 234 g/mol. The van der Waals surface area contributed by atoms with Crippen molar-refractivity contribution < 1.29 is 5.11 Å². The van der Waals surface area contributed by atoms with Gasteiger partial charge in [0, 0.05) is 0 Å². The molecule has 1 aliphatic rings. The monoisotopic (exact) mass is 257 g/mol. The molecule has 2 heteroatoms. The van der Waals surface area contributed by atoms with Crippen molar-refractivity contribution in [1.29, 1.82) is 5.26 Å². The summed E-state index contributed by atoms with van der Waals surface area (Å²) in [6.45, 7) is 5.95. The van der Waals surface area contributed by atoms with Gasteiger partial charge in [0.25, 0.3) is 0 Å². The fourth-order valence-corrected chi connectivity index (χ4v) is 3.41. The van der Waals surface area contributed by atoms with Gasteiger partial charge in [0.2, 0.25) is 0 Å². The van der Waals surface area contributed by atoms with Gasteiger partial charge in [-0.1, -0.05) is 44.5 Å². The smallest absolute Gasteiger partial charge is 0.111 e. The van der Waals surface area contributed by atoms with Crippen LogP contribution in [-0.2, 0) is 11.8 Å². The molecule has 0 saturated carbocycles. The highest BCUT2D eigenvalue weighted by Crippen LogP contribution is 2.48. The Labute approximate surface area is 116 Å². The van der Waals surface area contributed by atoms with Gasteiger partial charge >= 0.3 is 0 Å². The number of aliphatic hydroxyl groups is 1. The molecular formula is C17H23NO. The summed E-state index contributed by atoms with van der Waals surface area (Å²) in [5, 5.41) is 20.9. The number of fused-ring (bicyclic) bond motifs is 1. The highest BCUT2D eigenvalue weighted by molar-refractivity contribution is 5.45. The molecule has 0 spiro atoms. The number of nitriles is 1. The topological polar surface area (TPSA) is 44.0 Å². The van der Waals surface area contributed by atoms with E-state index in [1.807, 2.05) is 32.0 Å². The molecule has 3 atom stereocenters. The minimum atomic E-state index is -0.993. The molecule has 1 N–H and O–H groups in total. The molecule has 1 aliphatic carbocycles. The molecule has 2 nitrogen and oxygen atoms in total. The molecule has 1 aromatic carbocycles. The predicted molar refractivity (Wildman–Crippen MR) is 76.7 cm³/mol. The van der Waals surface area contributed by atoms with Crippen molar-refractivity contribution in [2.45, 2.75) is 57.5 Å². The zero-order valence-corrected chi connectivity index (χ0v) is 12.1. The first-order valence-electron chi connectivity index (χ1n) is 7.21. The molecule has 0 fully saturated rings. The Hall–Kier alpha value is -1.33. The van der Waals surface area contributed by atoms with Crippen molar-refractivity contribution in [3.63, 3.8) is 0 Å². The second-order valence-corrected chi connectivity index (χ2v) is 5.98. The van der Waals surface area contributed by atoms with Crippen molar-refractivity contribution in [3.8, 4) is 6.07 Å². The maximum atomic E-state index is 11.1. The normalized spacial score (nSPS) is 26.9. The van der Waals surface area contributed by atoms with Gasteiger partial charge in [-0.15, -0.1) is 0 Å². The Morgan fingerprint density at radius 3 is 2.79 bits per heavy atom. The largest absolute Gasteiger partial charge is 0.388 e. The molecule has 1 aromatic rings. The van der Waals surface area contributed by atoms with Gasteiger partial charge in [0.1, 0.15) is 5.41 Å². The van der Waals surface area contributed by atoms with Crippen LogP contribution in [0.3, 0.4) is 0 Å². The van der Waals surface area contributed by atoms with Gasteiger partial charge in [-0.25, -0.2) is 0 Å². The Kier molecular flexibility index (Phi) is 3.69. The van der Waals surface area contributed by atoms with E-state index in [0.717, 1.165) is 31.2 Å². The van der Waals surface area contributed by atoms with E-state index >= 15 is 0 Å². The van der Waals surface area contributed by atoms with Gasteiger partial charge in [0.15, 0.2) is 0 Å². The number of hydrogen-bond donors (Lipinski definition) is 1. The van der Waals surface area contributed by atoms with E-state index in [1.165, 1.54) is 5.56 Å². The molecule has 0 aliphatic heterocycles. The molecule has 0 radical (unpaired) electrons. The molecule has 0 amide bonds. The van der Waals surface area contributed by atoms with Crippen LogP contribution in [0.25, 0.3) is 0 Å². The third kappa shape index (κ3) is 1.97. The molecule has 102 valence electrons. The van der Waals surface area contributed by atoms with Crippen LogP contribution in [0.2, 0.25) is 0 Å². The zero-order chi connectivity index (χ0) is 14.1. The third-order valence-corrected chi connectivity index (χ3v) is 5.10. The van der Waals surface area contributed by atoms with Gasteiger partial charge in [0.05, 0.1) is 11.7 Å². The summed E-state index contributed by atoms with van der Waals surface area (Å²) in [5.74, 6) is 0.0957. The van der Waals surface area contributed by atoms with Crippen LogP contribution in [0.4, 0.5) is 0 Å². The number of nitrogens with zero attached hydrogens (tertiary/aromatic N) is 1. The summed E-state index contributed by atoms with van der Waals surface area (Å²) in [6.07, 6.45) is 3.60. The highest BCUT2D eigenvalue weighted by atomic mass is 16.3. The summed E-state index contributed by atoms with van der Waals surface area (Å²) >= 11 is 0.